The number of fused-ring (bicyclic) bond motifs is 1. The molecule has 0 spiro atoms. The lowest BCUT2D eigenvalue weighted by molar-refractivity contribution is 0.562. The zero-order chi connectivity index (χ0) is 12.0. The van der Waals surface area contributed by atoms with Crippen LogP contribution in [0.1, 0.15) is 16.6 Å². The van der Waals surface area contributed by atoms with Crippen LogP contribution in [0.25, 0.3) is 0 Å². The van der Waals surface area contributed by atoms with Crippen molar-refractivity contribution in [2.24, 2.45) is 0 Å². The van der Waals surface area contributed by atoms with Gasteiger partial charge >= 0.3 is 0 Å². The van der Waals surface area contributed by atoms with E-state index >= 15 is 0 Å². The van der Waals surface area contributed by atoms with E-state index in [4.69, 9.17) is 5.73 Å². The van der Waals surface area contributed by atoms with Crippen molar-refractivity contribution in [2.45, 2.75) is 11.8 Å². The molecule has 1 aliphatic rings. The second kappa shape index (κ2) is 3.33. The summed E-state index contributed by atoms with van der Waals surface area (Å²) in [6.45, 7) is 0.355. The van der Waals surface area contributed by atoms with Crippen LogP contribution >= 0.6 is 0 Å². The minimum Gasteiger partial charge on any atom is -0.369 e. The first-order valence-electron chi connectivity index (χ1n) is 5.11. The molecule has 8 heteroatoms. The predicted molar refractivity (Wildman–Crippen MR) is 60.9 cm³/mol. The van der Waals surface area contributed by atoms with Crippen LogP contribution in [-0.4, -0.2) is 33.9 Å². The van der Waals surface area contributed by atoms with E-state index in [0.717, 1.165) is 0 Å². The topological polar surface area (TPSA) is 107 Å². The van der Waals surface area contributed by atoms with Gasteiger partial charge in [0.25, 0.3) is 0 Å². The molecule has 0 radical (unpaired) electrons. The van der Waals surface area contributed by atoms with Gasteiger partial charge in [-0.2, -0.15) is 5.10 Å². The summed E-state index contributed by atoms with van der Waals surface area (Å²) in [6, 6.07) is 1.65. The van der Waals surface area contributed by atoms with E-state index < -0.39 is 15.1 Å². The van der Waals surface area contributed by atoms with Crippen molar-refractivity contribution in [3.8, 4) is 0 Å². The molecule has 0 bridgehead atoms. The molecule has 1 unspecified atom stereocenters. The Labute approximate surface area is 97.6 Å². The summed E-state index contributed by atoms with van der Waals surface area (Å²) in [7, 11) is -3.23. The van der Waals surface area contributed by atoms with E-state index in [0.29, 0.717) is 23.9 Å². The van der Waals surface area contributed by atoms with Gasteiger partial charge < -0.3 is 10.3 Å². The summed E-state index contributed by atoms with van der Waals surface area (Å²) in [6.07, 6.45) is 3.04. The Balaban J connectivity index is 2.23. The first kappa shape index (κ1) is 10.3. The molecule has 17 heavy (non-hydrogen) atoms. The maximum atomic E-state index is 12.1. The van der Waals surface area contributed by atoms with Crippen LogP contribution in [0, 0.1) is 0 Å². The molecule has 3 heterocycles. The van der Waals surface area contributed by atoms with Crippen molar-refractivity contribution in [3.05, 3.63) is 29.8 Å². The minimum absolute atomic E-state index is 0.0598. The third kappa shape index (κ3) is 1.44. The summed E-state index contributed by atoms with van der Waals surface area (Å²) >= 11 is 0. The summed E-state index contributed by atoms with van der Waals surface area (Å²) in [5, 5.41) is 5.75. The van der Waals surface area contributed by atoms with Gasteiger partial charge in [-0.15, -0.1) is 0 Å². The average Bonchev–Trinajstić information content (AvgIpc) is 2.88. The second-order valence-corrected chi connectivity index (χ2v) is 6.16. The quantitative estimate of drug-likeness (QED) is 0.726. The van der Waals surface area contributed by atoms with Gasteiger partial charge in [0, 0.05) is 12.7 Å². The molecule has 2 aromatic heterocycles. The Kier molecular flexibility index (Phi) is 2.02. The number of sulfone groups is 1. The number of nitrogens with one attached hydrogen (secondary N) is 1. The predicted octanol–water partition coefficient (Wildman–Crippen LogP) is -0.294. The van der Waals surface area contributed by atoms with Crippen LogP contribution in [-0.2, 0) is 16.4 Å². The molecular weight excluding hydrogens is 242 g/mol. The summed E-state index contributed by atoms with van der Waals surface area (Å²) < 4.78 is 26.0. The summed E-state index contributed by atoms with van der Waals surface area (Å²) in [4.78, 5) is 3.97. The Morgan fingerprint density at radius 3 is 3.06 bits per heavy atom. The van der Waals surface area contributed by atoms with E-state index in [-0.39, 0.29) is 5.75 Å². The molecular formula is C9H11N5O2S. The molecule has 1 atom stereocenters. The lowest BCUT2D eigenvalue weighted by Crippen LogP contribution is -2.30. The number of aromatic nitrogens is 4. The zero-order valence-electron chi connectivity index (χ0n) is 8.87. The third-order valence-corrected chi connectivity index (χ3v) is 4.91. The second-order valence-electron chi connectivity index (χ2n) is 3.95. The van der Waals surface area contributed by atoms with E-state index in [1.807, 2.05) is 0 Å². The fourth-order valence-electron chi connectivity index (χ4n) is 2.14. The molecule has 2 aromatic rings. The molecule has 1 aliphatic heterocycles. The van der Waals surface area contributed by atoms with E-state index in [2.05, 4.69) is 15.2 Å². The van der Waals surface area contributed by atoms with Crippen LogP contribution < -0.4 is 5.73 Å². The minimum atomic E-state index is -3.23. The number of H-pyrrole nitrogens is 1. The van der Waals surface area contributed by atoms with Gasteiger partial charge in [-0.25, -0.2) is 13.4 Å². The third-order valence-electron chi connectivity index (χ3n) is 2.95. The van der Waals surface area contributed by atoms with Crippen molar-refractivity contribution in [1.29, 1.82) is 0 Å². The smallest absolute Gasteiger partial charge is 0.200 e. The monoisotopic (exact) mass is 253 g/mol. The highest BCUT2D eigenvalue weighted by Gasteiger charge is 2.37. The number of nitrogens with zero attached hydrogens (tertiary/aromatic N) is 3. The number of aromatic amines is 1. The number of nitrogens with two attached hydrogens (primary N) is 1. The molecule has 0 saturated heterocycles. The molecule has 0 fully saturated rings. The standard InChI is InChI=1S/C9H11N5O2S/c10-9-11-5-7-8(6-1-2-12-13-6)17(15,16)4-3-14(7)9/h1-2,5,8H,3-4H2,(H2,10,11)(H,12,13). The van der Waals surface area contributed by atoms with Crippen LogP contribution in [0.5, 0.6) is 0 Å². The molecule has 0 saturated carbocycles. The largest absolute Gasteiger partial charge is 0.369 e. The van der Waals surface area contributed by atoms with Crippen LogP contribution in [0.2, 0.25) is 0 Å². The van der Waals surface area contributed by atoms with Crippen molar-refractivity contribution in [3.63, 3.8) is 0 Å². The molecule has 7 nitrogen and oxygen atoms in total. The maximum absolute atomic E-state index is 12.1. The van der Waals surface area contributed by atoms with Crippen molar-refractivity contribution >= 4 is 15.8 Å². The van der Waals surface area contributed by atoms with Gasteiger partial charge in [-0.1, -0.05) is 0 Å². The molecule has 3 N–H and O–H groups in total. The van der Waals surface area contributed by atoms with Gasteiger partial charge in [0.05, 0.1) is 23.3 Å². The van der Waals surface area contributed by atoms with E-state index in [1.165, 1.54) is 12.4 Å². The Hall–Kier alpha value is -1.83. The van der Waals surface area contributed by atoms with Crippen LogP contribution in [0.15, 0.2) is 18.5 Å². The first-order chi connectivity index (χ1) is 8.09. The van der Waals surface area contributed by atoms with Crippen molar-refractivity contribution in [1.82, 2.24) is 19.7 Å². The van der Waals surface area contributed by atoms with Gasteiger partial charge in [-0.3, -0.25) is 5.10 Å². The number of nitrogen functional groups attached to an aromatic ring is 1. The summed E-state index contributed by atoms with van der Waals surface area (Å²) in [5.41, 5.74) is 6.84. The average molecular weight is 253 g/mol. The number of hydrogen-bond donors (Lipinski definition) is 2. The highest BCUT2D eigenvalue weighted by atomic mass is 32.2. The summed E-state index contributed by atoms with van der Waals surface area (Å²) in [5.74, 6) is 0.406. The lowest BCUT2D eigenvalue weighted by Gasteiger charge is -2.23. The molecule has 3 rings (SSSR count). The van der Waals surface area contributed by atoms with Gasteiger partial charge in [-0.05, 0) is 6.07 Å². The fraction of sp³-hybridized carbons (Fsp3) is 0.333. The zero-order valence-corrected chi connectivity index (χ0v) is 9.68. The van der Waals surface area contributed by atoms with Crippen LogP contribution in [0.3, 0.4) is 0 Å². The maximum Gasteiger partial charge on any atom is 0.200 e. The normalized spacial score (nSPS) is 22.2. The van der Waals surface area contributed by atoms with Crippen LogP contribution in [0.4, 0.5) is 5.95 Å². The number of hydrogen-bond acceptors (Lipinski definition) is 5. The number of imidazole rings is 1. The van der Waals surface area contributed by atoms with Gasteiger partial charge in [0.2, 0.25) is 0 Å². The number of rotatable bonds is 1. The van der Waals surface area contributed by atoms with Gasteiger partial charge in [0.1, 0.15) is 5.25 Å². The Morgan fingerprint density at radius 1 is 1.53 bits per heavy atom. The molecule has 90 valence electrons. The van der Waals surface area contributed by atoms with Crippen molar-refractivity contribution < 1.29 is 8.42 Å². The number of anilines is 1. The lowest BCUT2D eigenvalue weighted by atomic mass is 10.2. The highest BCUT2D eigenvalue weighted by molar-refractivity contribution is 7.91. The fourth-order valence-corrected chi connectivity index (χ4v) is 3.89. The SMILES string of the molecule is Nc1ncc2n1CCS(=O)(=O)C2c1ccn[nH]1. The first-order valence-corrected chi connectivity index (χ1v) is 6.83. The van der Waals surface area contributed by atoms with Gasteiger partial charge in [0.15, 0.2) is 15.8 Å². The van der Waals surface area contributed by atoms with Crippen molar-refractivity contribution in [2.75, 3.05) is 11.5 Å². The highest BCUT2D eigenvalue weighted by Crippen LogP contribution is 2.34. The molecule has 0 amide bonds. The van der Waals surface area contributed by atoms with E-state index in [9.17, 15) is 8.42 Å². The molecule has 0 aromatic carbocycles. The van der Waals surface area contributed by atoms with E-state index in [1.54, 1.807) is 10.6 Å². The Morgan fingerprint density at radius 2 is 2.35 bits per heavy atom. The molecule has 0 aliphatic carbocycles. The Bertz CT molecular complexity index is 643.